The predicted molar refractivity (Wildman–Crippen MR) is 132 cm³/mol. The van der Waals surface area contributed by atoms with Crippen molar-refractivity contribution in [2.24, 2.45) is 4.99 Å². The Morgan fingerprint density at radius 3 is 2.77 bits per heavy atom. The average molecular weight is 539 g/mol. The van der Waals surface area contributed by atoms with Crippen molar-refractivity contribution in [1.29, 1.82) is 0 Å². The number of rotatable bonds is 8. The lowest BCUT2D eigenvalue weighted by Gasteiger charge is -2.12. The van der Waals surface area contributed by atoms with Crippen LogP contribution >= 0.6 is 24.0 Å². The second-order valence-electron chi connectivity index (χ2n) is 6.95. The number of aromatic nitrogens is 2. The lowest BCUT2D eigenvalue weighted by Crippen LogP contribution is -2.38. The number of hydrogen-bond donors (Lipinski definition) is 2. The number of aliphatic imine (C=N–C) groups is 1. The predicted octanol–water partition coefficient (Wildman–Crippen LogP) is 3.80. The van der Waals surface area contributed by atoms with Crippen LogP contribution in [0.2, 0.25) is 0 Å². The molecule has 0 unspecified atom stereocenters. The number of guanidine groups is 1. The van der Waals surface area contributed by atoms with Crippen LogP contribution in [0.1, 0.15) is 41.0 Å². The Labute approximate surface area is 199 Å². The summed E-state index contributed by atoms with van der Waals surface area (Å²) in [6, 6.07) is 9.86. The van der Waals surface area contributed by atoms with E-state index in [1.807, 2.05) is 32.0 Å². The number of benzene rings is 1. The molecular weight excluding hydrogens is 509 g/mol. The van der Waals surface area contributed by atoms with Gasteiger partial charge in [-0.3, -0.25) is 0 Å². The summed E-state index contributed by atoms with van der Waals surface area (Å²) in [5.74, 6) is 2.47. The van der Waals surface area contributed by atoms with Crippen LogP contribution in [0.25, 0.3) is 11.0 Å². The van der Waals surface area contributed by atoms with Gasteiger partial charge in [-0.15, -0.1) is 24.0 Å². The first-order valence-corrected chi connectivity index (χ1v) is 10.1. The van der Waals surface area contributed by atoms with E-state index in [9.17, 15) is 4.79 Å². The Bertz CT molecular complexity index is 1040. The van der Waals surface area contributed by atoms with Crippen molar-refractivity contribution in [3.8, 4) is 0 Å². The smallest absolute Gasteiger partial charge is 0.341 e. The fraction of sp³-hybridized carbons (Fsp3) is 0.409. The van der Waals surface area contributed by atoms with Crippen molar-refractivity contribution in [3.63, 3.8) is 0 Å². The molecule has 0 bridgehead atoms. The number of imidazole rings is 1. The van der Waals surface area contributed by atoms with E-state index in [0.29, 0.717) is 29.6 Å². The fourth-order valence-electron chi connectivity index (χ4n) is 3.36. The highest BCUT2D eigenvalue weighted by molar-refractivity contribution is 14.0. The molecule has 0 saturated heterocycles. The van der Waals surface area contributed by atoms with E-state index in [4.69, 9.17) is 9.15 Å². The van der Waals surface area contributed by atoms with E-state index in [-0.39, 0.29) is 24.0 Å². The van der Waals surface area contributed by atoms with Crippen LogP contribution in [0.5, 0.6) is 0 Å². The number of halogens is 1. The maximum Gasteiger partial charge on any atom is 0.341 e. The van der Waals surface area contributed by atoms with Crippen LogP contribution in [0.15, 0.2) is 39.7 Å². The standard InChI is InChI=1S/C22H29N5O3.HI/c1-5-23-22(25-14-17-13-18(15(2)30-17)21(28)29-4)24-11-8-12-27-16(3)26-19-9-6-7-10-20(19)27;/h6-7,9-10,13H,5,8,11-12,14H2,1-4H3,(H2,23,24,25);1H. The number of fused-ring (bicyclic) bond motifs is 1. The number of aryl methyl sites for hydroxylation is 3. The molecule has 0 amide bonds. The normalized spacial score (nSPS) is 11.3. The van der Waals surface area contributed by atoms with Crippen molar-refractivity contribution >= 4 is 46.9 Å². The minimum absolute atomic E-state index is 0. The van der Waals surface area contributed by atoms with Gasteiger partial charge in [-0.25, -0.2) is 14.8 Å². The molecular formula is C22H30IN5O3. The number of hydrogen-bond acceptors (Lipinski definition) is 5. The third-order valence-electron chi connectivity index (χ3n) is 4.81. The van der Waals surface area contributed by atoms with E-state index in [2.05, 4.69) is 31.2 Å². The van der Waals surface area contributed by atoms with Crippen LogP contribution in [0, 0.1) is 13.8 Å². The molecule has 0 fully saturated rings. The van der Waals surface area contributed by atoms with Crippen LogP contribution < -0.4 is 10.6 Å². The van der Waals surface area contributed by atoms with Crippen molar-refractivity contribution in [1.82, 2.24) is 20.2 Å². The van der Waals surface area contributed by atoms with Gasteiger partial charge in [0.05, 0.1) is 18.1 Å². The minimum Gasteiger partial charge on any atom is -0.465 e. The number of carbonyl (C=O) groups is 1. The van der Waals surface area contributed by atoms with Crippen molar-refractivity contribution in [2.45, 2.75) is 40.3 Å². The molecule has 0 saturated carbocycles. The topological polar surface area (TPSA) is 93.7 Å². The summed E-state index contributed by atoms with van der Waals surface area (Å²) in [7, 11) is 1.36. The summed E-state index contributed by atoms with van der Waals surface area (Å²) >= 11 is 0. The molecule has 168 valence electrons. The lowest BCUT2D eigenvalue weighted by atomic mass is 10.2. The summed E-state index contributed by atoms with van der Waals surface area (Å²) in [4.78, 5) is 20.9. The average Bonchev–Trinajstić information content (AvgIpc) is 3.27. The molecule has 3 aromatic rings. The molecule has 0 spiro atoms. The van der Waals surface area contributed by atoms with Gasteiger partial charge in [0.1, 0.15) is 29.5 Å². The third-order valence-corrected chi connectivity index (χ3v) is 4.81. The molecule has 8 nitrogen and oxygen atoms in total. The Hall–Kier alpha value is -2.56. The quantitative estimate of drug-likeness (QED) is 0.149. The lowest BCUT2D eigenvalue weighted by molar-refractivity contribution is 0.0599. The zero-order valence-electron chi connectivity index (χ0n) is 18.4. The summed E-state index contributed by atoms with van der Waals surface area (Å²) in [6.45, 7) is 8.52. The van der Waals surface area contributed by atoms with E-state index < -0.39 is 5.97 Å². The van der Waals surface area contributed by atoms with E-state index in [1.54, 1.807) is 13.0 Å². The Morgan fingerprint density at radius 2 is 2.03 bits per heavy atom. The van der Waals surface area contributed by atoms with Crippen LogP contribution in [-0.4, -0.2) is 41.7 Å². The van der Waals surface area contributed by atoms with Gasteiger partial charge in [0.15, 0.2) is 5.96 Å². The van der Waals surface area contributed by atoms with Crippen LogP contribution in [0.4, 0.5) is 0 Å². The molecule has 0 aliphatic rings. The third kappa shape index (κ3) is 6.22. The van der Waals surface area contributed by atoms with Crippen LogP contribution in [0.3, 0.4) is 0 Å². The number of esters is 1. The number of nitrogens with one attached hydrogen (secondary N) is 2. The van der Waals surface area contributed by atoms with Crippen molar-refractivity contribution < 1.29 is 13.9 Å². The zero-order valence-corrected chi connectivity index (χ0v) is 20.7. The maximum absolute atomic E-state index is 11.7. The molecule has 31 heavy (non-hydrogen) atoms. The minimum atomic E-state index is -0.404. The first-order chi connectivity index (χ1) is 14.5. The molecule has 1 aromatic carbocycles. The van der Waals surface area contributed by atoms with Crippen LogP contribution in [-0.2, 0) is 17.8 Å². The second kappa shape index (κ2) is 11.7. The molecule has 0 aliphatic heterocycles. The summed E-state index contributed by atoms with van der Waals surface area (Å²) in [5.41, 5.74) is 2.62. The van der Waals surface area contributed by atoms with Gasteiger partial charge in [-0.1, -0.05) is 12.1 Å². The van der Waals surface area contributed by atoms with Gasteiger partial charge in [0.2, 0.25) is 0 Å². The first kappa shape index (κ1) is 24.7. The van der Waals surface area contributed by atoms with Gasteiger partial charge < -0.3 is 24.4 Å². The van der Waals surface area contributed by atoms with Gasteiger partial charge in [0.25, 0.3) is 0 Å². The highest BCUT2D eigenvalue weighted by atomic mass is 127. The number of nitrogens with zero attached hydrogens (tertiary/aromatic N) is 3. The Morgan fingerprint density at radius 1 is 1.26 bits per heavy atom. The van der Waals surface area contributed by atoms with Gasteiger partial charge >= 0.3 is 5.97 Å². The number of methoxy groups -OCH3 is 1. The number of ether oxygens (including phenoxy) is 1. The SMILES string of the molecule is CCNC(=NCc1cc(C(=O)OC)c(C)o1)NCCCn1c(C)nc2ccccc21.I. The van der Waals surface area contributed by atoms with E-state index >= 15 is 0 Å². The molecule has 0 radical (unpaired) electrons. The molecule has 2 aromatic heterocycles. The maximum atomic E-state index is 11.7. The number of carbonyl (C=O) groups excluding carboxylic acids is 1. The number of furan rings is 1. The van der Waals surface area contributed by atoms with Crippen molar-refractivity contribution in [2.75, 3.05) is 20.2 Å². The van der Waals surface area contributed by atoms with E-state index in [0.717, 1.165) is 42.9 Å². The second-order valence-corrected chi connectivity index (χ2v) is 6.95. The van der Waals surface area contributed by atoms with Gasteiger partial charge in [-0.2, -0.15) is 0 Å². The summed E-state index contributed by atoms with van der Waals surface area (Å²) < 4.78 is 12.6. The summed E-state index contributed by atoms with van der Waals surface area (Å²) in [6.07, 6.45) is 0.929. The zero-order chi connectivity index (χ0) is 21.5. The highest BCUT2D eigenvalue weighted by Gasteiger charge is 2.15. The number of para-hydroxylation sites is 2. The van der Waals surface area contributed by atoms with Gasteiger partial charge in [0, 0.05) is 19.6 Å². The molecule has 9 heteroatoms. The molecule has 3 rings (SSSR count). The molecule has 0 aliphatic carbocycles. The Balaban J connectivity index is 0.00000341. The van der Waals surface area contributed by atoms with Crippen molar-refractivity contribution in [3.05, 3.63) is 53.2 Å². The first-order valence-electron chi connectivity index (χ1n) is 10.1. The Kier molecular flexibility index (Phi) is 9.35. The summed E-state index contributed by atoms with van der Waals surface area (Å²) in [5, 5.41) is 6.58. The molecule has 2 N–H and O–H groups in total. The fourth-order valence-corrected chi connectivity index (χ4v) is 3.36. The monoisotopic (exact) mass is 539 g/mol. The van der Waals surface area contributed by atoms with Gasteiger partial charge in [-0.05, 0) is 45.4 Å². The van der Waals surface area contributed by atoms with E-state index in [1.165, 1.54) is 7.11 Å². The highest BCUT2D eigenvalue weighted by Crippen LogP contribution is 2.17. The molecule has 2 heterocycles. The largest absolute Gasteiger partial charge is 0.465 e. The molecule has 0 atom stereocenters.